The first kappa shape index (κ1) is 35.1. The third-order valence-corrected chi connectivity index (χ3v) is 9.00. The lowest BCUT2D eigenvalue weighted by Gasteiger charge is -2.34. The Hall–Kier alpha value is -4.80. The van der Waals surface area contributed by atoms with E-state index in [4.69, 9.17) is 4.74 Å². The summed E-state index contributed by atoms with van der Waals surface area (Å²) in [5.41, 5.74) is 0.348. The van der Waals surface area contributed by atoms with Crippen molar-refractivity contribution in [3.05, 3.63) is 53.5 Å². The van der Waals surface area contributed by atoms with Crippen LogP contribution in [0, 0.1) is 18.3 Å². The maximum absolute atomic E-state index is 13.4. The summed E-state index contributed by atoms with van der Waals surface area (Å²) in [5.74, 6) is -0.552. The third kappa shape index (κ3) is 9.60. The minimum atomic E-state index is -3.86. The molecular formula is C28H36N10O7S2. The van der Waals surface area contributed by atoms with Gasteiger partial charge in [0, 0.05) is 50.3 Å². The molecular weight excluding hydrogens is 653 g/mol. The van der Waals surface area contributed by atoms with Gasteiger partial charge in [-0.2, -0.15) is 14.7 Å². The van der Waals surface area contributed by atoms with Crippen molar-refractivity contribution in [3.63, 3.8) is 0 Å². The van der Waals surface area contributed by atoms with Gasteiger partial charge in [0.25, 0.3) is 5.91 Å². The number of nitrogens with zero attached hydrogens (tertiary/aromatic N) is 7. The second-order valence-electron chi connectivity index (χ2n) is 11.6. The monoisotopic (exact) mass is 688 g/mol. The molecule has 17 nitrogen and oxygen atoms in total. The van der Waals surface area contributed by atoms with Crippen LogP contribution in [-0.2, 0) is 31.3 Å². The van der Waals surface area contributed by atoms with Crippen LogP contribution in [0.2, 0.25) is 0 Å². The molecule has 252 valence electrons. The molecule has 0 saturated carbocycles. The summed E-state index contributed by atoms with van der Waals surface area (Å²) in [6.07, 6.45) is 1.59. The normalized spacial score (nSPS) is 14.3. The summed E-state index contributed by atoms with van der Waals surface area (Å²) in [6, 6.07) is 9.14. The Labute approximate surface area is 273 Å². The molecule has 19 heteroatoms. The fourth-order valence-electron chi connectivity index (χ4n) is 4.48. The van der Waals surface area contributed by atoms with Gasteiger partial charge in [0.1, 0.15) is 22.9 Å². The molecule has 2 aromatic heterocycles. The number of piperazine rings is 1. The number of nitriles is 1. The minimum Gasteiger partial charge on any atom is -0.444 e. The first-order valence-corrected chi connectivity index (χ1v) is 17.7. The lowest BCUT2D eigenvalue weighted by atomic mass is 10.2. The van der Waals surface area contributed by atoms with Gasteiger partial charge in [-0.25, -0.2) is 31.6 Å². The van der Waals surface area contributed by atoms with Gasteiger partial charge in [0.2, 0.25) is 26.0 Å². The molecule has 3 N–H and O–H groups in total. The van der Waals surface area contributed by atoms with E-state index < -0.39 is 37.6 Å². The highest BCUT2D eigenvalue weighted by Crippen LogP contribution is 2.23. The predicted molar refractivity (Wildman–Crippen MR) is 172 cm³/mol. The van der Waals surface area contributed by atoms with Crippen LogP contribution in [-0.4, -0.2) is 97.5 Å². The van der Waals surface area contributed by atoms with Gasteiger partial charge in [0.15, 0.2) is 5.82 Å². The predicted octanol–water partition coefficient (Wildman–Crippen LogP) is 1.51. The van der Waals surface area contributed by atoms with Crippen molar-refractivity contribution in [2.45, 2.75) is 44.7 Å². The molecule has 1 aliphatic rings. The Kier molecular flexibility index (Phi) is 10.4. The molecule has 1 saturated heterocycles. The SMILES string of the molecule is Cc1cc(C#N)nc(N2CCN(S(=O)(=O)c3ccc(NC(=O)c4cn(CCNC(=O)OC(C)(C)C)nc4NS(C)(=O)=O)cc3)CC2)n1. The molecule has 0 aliphatic carbocycles. The smallest absolute Gasteiger partial charge is 0.407 e. The topological polar surface area (TPSA) is 222 Å². The third-order valence-electron chi connectivity index (χ3n) is 6.53. The fraction of sp³-hybridized carbons (Fsp3) is 0.429. The number of benzene rings is 1. The Balaban J connectivity index is 1.40. The summed E-state index contributed by atoms with van der Waals surface area (Å²) in [6.45, 7) is 8.12. The molecule has 0 bridgehead atoms. The van der Waals surface area contributed by atoms with E-state index in [1.54, 1.807) is 33.8 Å². The molecule has 3 aromatic rings. The van der Waals surface area contributed by atoms with E-state index >= 15 is 0 Å². The van der Waals surface area contributed by atoms with Crippen molar-refractivity contribution in [1.29, 1.82) is 5.26 Å². The van der Waals surface area contributed by atoms with Gasteiger partial charge in [0.05, 0.1) is 17.7 Å². The molecule has 0 unspecified atom stereocenters. The number of hydrogen-bond acceptors (Lipinski definition) is 12. The van der Waals surface area contributed by atoms with E-state index in [9.17, 15) is 31.7 Å². The highest BCUT2D eigenvalue weighted by molar-refractivity contribution is 7.92. The van der Waals surface area contributed by atoms with Gasteiger partial charge in [-0.15, -0.1) is 0 Å². The van der Waals surface area contributed by atoms with Gasteiger partial charge in [-0.1, -0.05) is 0 Å². The molecule has 4 rings (SSSR count). The number of ether oxygens (including phenoxy) is 1. The molecule has 1 aliphatic heterocycles. The van der Waals surface area contributed by atoms with E-state index in [0.717, 1.165) is 6.26 Å². The van der Waals surface area contributed by atoms with Crippen molar-refractivity contribution in [1.82, 2.24) is 29.4 Å². The minimum absolute atomic E-state index is 0.0206. The number of anilines is 3. The number of sulfonamides is 2. The first-order valence-electron chi connectivity index (χ1n) is 14.4. The number of aromatic nitrogens is 4. The number of carbonyl (C=O) groups is 2. The Morgan fingerprint density at radius 2 is 1.70 bits per heavy atom. The van der Waals surface area contributed by atoms with Gasteiger partial charge in [-0.3, -0.25) is 14.2 Å². The molecule has 47 heavy (non-hydrogen) atoms. The number of carbonyl (C=O) groups excluding carboxylic acids is 2. The van der Waals surface area contributed by atoms with E-state index in [2.05, 4.69) is 30.4 Å². The lowest BCUT2D eigenvalue weighted by Crippen LogP contribution is -2.49. The Bertz CT molecular complexity index is 1890. The zero-order chi connectivity index (χ0) is 34.6. The van der Waals surface area contributed by atoms with E-state index in [-0.39, 0.29) is 53.8 Å². The Morgan fingerprint density at radius 1 is 1.04 bits per heavy atom. The maximum Gasteiger partial charge on any atom is 0.407 e. The van der Waals surface area contributed by atoms with Gasteiger partial charge in [-0.05, 0) is 58.0 Å². The van der Waals surface area contributed by atoms with Crippen LogP contribution in [0.4, 0.5) is 22.2 Å². The molecule has 0 radical (unpaired) electrons. The second kappa shape index (κ2) is 13.9. The molecule has 2 amide bonds. The standard InChI is InChI=1S/C28H36N10O7S2/c1-19-16-21(17-29)33-26(31-19)36-12-14-38(15-13-36)47(43,44)22-8-6-20(7-9-22)32-25(39)23-18-37(34-24(23)35-46(5,41)42)11-10-30-27(40)45-28(2,3)4/h6-9,16,18H,10-15H2,1-5H3,(H,30,40)(H,32,39)(H,34,35). The molecule has 0 spiro atoms. The summed E-state index contributed by atoms with van der Waals surface area (Å²) >= 11 is 0. The number of hydrogen-bond donors (Lipinski definition) is 3. The fourth-order valence-corrected chi connectivity index (χ4v) is 6.40. The summed E-state index contributed by atoms with van der Waals surface area (Å²) in [5, 5.41) is 18.5. The second-order valence-corrected chi connectivity index (χ2v) is 15.3. The quantitative estimate of drug-likeness (QED) is 0.276. The number of alkyl carbamates (subject to hydrolysis) is 1. The largest absolute Gasteiger partial charge is 0.444 e. The van der Waals surface area contributed by atoms with Crippen LogP contribution in [0.25, 0.3) is 0 Å². The zero-order valence-electron chi connectivity index (χ0n) is 26.5. The van der Waals surface area contributed by atoms with Crippen molar-refractivity contribution < 1.29 is 31.2 Å². The highest BCUT2D eigenvalue weighted by Gasteiger charge is 2.30. The van der Waals surface area contributed by atoms with Crippen molar-refractivity contribution in [2.24, 2.45) is 0 Å². The summed E-state index contributed by atoms with van der Waals surface area (Å²) in [4.78, 5) is 35.5. The van der Waals surface area contributed by atoms with Crippen molar-refractivity contribution in [3.8, 4) is 6.07 Å². The Morgan fingerprint density at radius 3 is 2.30 bits per heavy atom. The van der Waals surface area contributed by atoms with Crippen LogP contribution in [0.5, 0.6) is 0 Å². The lowest BCUT2D eigenvalue weighted by molar-refractivity contribution is 0.0525. The summed E-state index contributed by atoms with van der Waals surface area (Å²) in [7, 11) is -7.66. The summed E-state index contributed by atoms with van der Waals surface area (Å²) < 4.78 is 60.6. The van der Waals surface area contributed by atoms with Crippen molar-refractivity contribution >= 4 is 49.5 Å². The number of nitrogens with one attached hydrogen (secondary N) is 3. The number of aryl methyl sites for hydroxylation is 1. The average Bonchev–Trinajstić information content (AvgIpc) is 3.37. The van der Waals surface area contributed by atoms with Gasteiger partial charge >= 0.3 is 6.09 Å². The highest BCUT2D eigenvalue weighted by atomic mass is 32.2. The first-order chi connectivity index (χ1) is 21.9. The van der Waals surface area contributed by atoms with E-state index in [1.165, 1.54) is 39.4 Å². The molecule has 0 atom stereocenters. The van der Waals surface area contributed by atoms with Crippen LogP contribution in [0.1, 0.15) is 42.5 Å². The molecule has 1 fully saturated rings. The molecule has 3 heterocycles. The van der Waals surface area contributed by atoms with Crippen molar-refractivity contribution in [2.75, 3.05) is 53.9 Å². The van der Waals surface area contributed by atoms with E-state index in [1.807, 2.05) is 11.0 Å². The molecule has 1 aromatic carbocycles. The van der Waals surface area contributed by atoms with Crippen LogP contribution < -0.4 is 20.3 Å². The maximum atomic E-state index is 13.4. The van der Waals surface area contributed by atoms with Crippen LogP contribution in [0.3, 0.4) is 0 Å². The van der Waals surface area contributed by atoms with Crippen LogP contribution in [0.15, 0.2) is 41.4 Å². The average molecular weight is 689 g/mol. The van der Waals surface area contributed by atoms with Gasteiger partial charge < -0.3 is 20.3 Å². The number of rotatable bonds is 10. The zero-order valence-corrected chi connectivity index (χ0v) is 28.1. The number of amides is 2. The van der Waals surface area contributed by atoms with E-state index in [0.29, 0.717) is 24.7 Å². The van der Waals surface area contributed by atoms with Crippen LogP contribution >= 0.6 is 0 Å².